The zero-order valence-electron chi connectivity index (χ0n) is 16.1. The Morgan fingerprint density at radius 2 is 1.71 bits per heavy atom. The smallest absolute Gasteiger partial charge is 0.254 e. The molecule has 0 aromatic heterocycles. The lowest BCUT2D eigenvalue weighted by molar-refractivity contribution is 0.0680. The molecule has 1 N–H and O–H groups in total. The number of hydrogen-bond donors (Lipinski definition) is 1. The molecule has 6 nitrogen and oxygen atoms in total. The maximum absolute atomic E-state index is 12.8. The minimum absolute atomic E-state index is 0.0803. The van der Waals surface area contributed by atoms with E-state index in [9.17, 15) is 13.2 Å². The highest BCUT2D eigenvalue weighted by Crippen LogP contribution is 2.20. The second-order valence-electron chi connectivity index (χ2n) is 6.96. The van der Waals surface area contributed by atoms with Gasteiger partial charge in [-0.3, -0.25) is 9.52 Å². The fraction of sp³-hybridized carbons (Fsp3) is 0.286. The van der Waals surface area contributed by atoms with Gasteiger partial charge < -0.3 is 9.80 Å². The first-order valence-corrected chi connectivity index (χ1v) is 11.1. The van der Waals surface area contributed by atoms with E-state index >= 15 is 0 Å². The predicted octanol–water partition coefficient (Wildman–Crippen LogP) is 2.80. The van der Waals surface area contributed by atoms with E-state index in [1.165, 1.54) is 0 Å². The minimum atomic E-state index is -3.39. The van der Waals surface area contributed by atoms with E-state index in [0.717, 1.165) is 30.5 Å². The number of amides is 1. The number of nitrogens with zero attached hydrogens (tertiary/aromatic N) is 2. The second kappa shape index (κ2) is 8.48. The van der Waals surface area contributed by atoms with Crippen LogP contribution in [0.25, 0.3) is 6.08 Å². The van der Waals surface area contributed by atoms with Crippen LogP contribution in [0.1, 0.15) is 21.5 Å². The Labute approximate surface area is 166 Å². The summed E-state index contributed by atoms with van der Waals surface area (Å²) in [5.41, 5.74) is 2.85. The average Bonchev–Trinajstić information content (AvgIpc) is 2.68. The number of sulfonamides is 1. The van der Waals surface area contributed by atoms with E-state index in [2.05, 4.69) is 34.0 Å². The van der Waals surface area contributed by atoms with Crippen molar-refractivity contribution in [3.05, 3.63) is 71.4 Å². The van der Waals surface area contributed by atoms with E-state index in [1.54, 1.807) is 25.1 Å². The molecule has 0 spiro atoms. The monoisotopic (exact) mass is 399 g/mol. The number of piperazine rings is 1. The van der Waals surface area contributed by atoms with Gasteiger partial charge in [0.1, 0.15) is 0 Å². The van der Waals surface area contributed by atoms with Gasteiger partial charge in [0.05, 0.1) is 11.9 Å². The Morgan fingerprint density at radius 1 is 1.04 bits per heavy atom. The summed E-state index contributed by atoms with van der Waals surface area (Å²) in [7, 11) is -3.39. The molecule has 2 aromatic rings. The highest BCUT2D eigenvalue weighted by atomic mass is 32.2. The molecule has 0 radical (unpaired) electrons. The molecule has 0 atom stereocenters. The third-order valence-corrected chi connectivity index (χ3v) is 5.25. The van der Waals surface area contributed by atoms with Crippen LogP contribution in [0.2, 0.25) is 0 Å². The maximum atomic E-state index is 12.8. The first-order valence-electron chi connectivity index (χ1n) is 9.17. The number of benzene rings is 2. The molecule has 2 aromatic carbocycles. The molecule has 7 heteroatoms. The van der Waals surface area contributed by atoms with Crippen molar-refractivity contribution in [2.45, 2.75) is 6.92 Å². The van der Waals surface area contributed by atoms with Crippen molar-refractivity contribution >= 4 is 27.7 Å². The summed E-state index contributed by atoms with van der Waals surface area (Å²) < 4.78 is 25.5. The number of rotatable bonds is 5. The van der Waals surface area contributed by atoms with E-state index in [1.807, 2.05) is 23.1 Å². The van der Waals surface area contributed by atoms with Gasteiger partial charge in [-0.2, -0.15) is 0 Å². The molecular formula is C21H25N3O3S. The van der Waals surface area contributed by atoms with Gasteiger partial charge in [0.2, 0.25) is 10.0 Å². The third kappa shape index (κ3) is 5.36. The Morgan fingerprint density at radius 3 is 2.36 bits per heavy atom. The molecular weight excluding hydrogens is 374 g/mol. The number of aryl methyl sites for hydroxylation is 1. The molecule has 1 aliphatic rings. The van der Waals surface area contributed by atoms with Crippen LogP contribution in [0.5, 0.6) is 0 Å². The largest absolute Gasteiger partial charge is 0.374 e. The third-order valence-electron chi connectivity index (χ3n) is 4.66. The van der Waals surface area contributed by atoms with Gasteiger partial charge in [-0.05, 0) is 42.5 Å². The van der Waals surface area contributed by atoms with Crippen LogP contribution in [-0.4, -0.2) is 56.6 Å². The Balaban J connectivity index is 1.62. The van der Waals surface area contributed by atoms with Crippen molar-refractivity contribution in [3.8, 4) is 0 Å². The van der Waals surface area contributed by atoms with Crippen LogP contribution in [0.4, 0.5) is 5.69 Å². The SMILES string of the molecule is Cc1ccc(C(=O)N2CCN(C=Cc3ccccc3)CC2)cc1NS(C)(=O)=O. The van der Waals surface area contributed by atoms with E-state index < -0.39 is 10.0 Å². The molecule has 1 fully saturated rings. The van der Waals surface area contributed by atoms with Gasteiger partial charge in [0.25, 0.3) is 5.91 Å². The van der Waals surface area contributed by atoms with Gasteiger partial charge in [-0.15, -0.1) is 0 Å². The lowest BCUT2D eigenvalue weighted by Gasteiger charge is -2.34. The molecule has 28 heavy (non-hydrogen) atoms. The summed E-state index contributed by atoms with van der Waals surface area (Å²) in [6.45, 7) is 4.58. The van der Waals surface area contributed by atoms with Crippen LogP contribution < -0.4 is 4.72 Å². The molecule has 3 rings (SSSR count). The zero-order chi connectivity index (χ0) is 20.1. The van der Waals surface area contributed by atoms with Crippen LogP contribution >= 0.6 is 0 Å². The van der Waals surface area contributed by atoms with E-state index in [-0.39, 0.29) is 5.91 Å². The number of nitrogens with one attached hydrogen (secondary N) is 1. The fourth-order valence-corrected chi connectivity index (χ4v) is 3.70. The number of anilines is 1. The lowest BCUT2D eigenvalue weighted by atomic mass is 10.1. The molecule has 0 saturated carbocycles. The first-order chi connectivity index (χ1) is 13.3. The molecule has 0 bridgehead atoms. The van der Waals surface area contributed by atoms with Crippen molar-refractivity contribution in [3.63, 3.8) is 0 Å². The van der Waals surface area contributed by atoms with Crippen LogP contribution in [-0.2, 0) is 10.0 Å². The summed E-state index contributed by atoms with van der Waals surface area (Å²) >= 11 is 0. The molecule has 1 heterocycles. The summed E-state index contributed by atoms with van der Waals surface area (Å²) in [5, 5.41) is 0. The van der Waals surface area contributed by atoms with Crippen molar-refractivity contribution in [2.24, 2.45) is 0 Å². The number of carbonyl (C=O) groups excluding carboxylic acids is 1. The highest BCUT2D eigenvalue weighted by Gasteiger charge is 2.21. The van der Waals surface area contributed by atoms with Gasteiger partial charge in [0.15, 0.2) is 0 Å². The zero-order valence-corrected chi connectivity index (χ0v) is 16.9. The molecule has 1 aliphatic heterocycles. The molecule has 1 saturated heterocycles. The minimum Gasteiger partial charge on any atom is -0.374 e. The standard InChI is InChI=1S/C21H25N3O3S/c1-17-8-9-19(16-20(17)22-28(2,26)27)21(25)24-14-12-23(13-15-24)11-10-18-6-4-3-5-7-18/h3-11,16,22H,12-15H2,1-2H3. The second-order valence-corrected chi connectivity index (χ2v) is 8.71. The average molecular weight is 400 g/mol. The number of carbonyl (C=O) groups is 1. The molecule has 0 aliphatic carbocycles. The molecule has 0 unspecified atom stereocenters. The van der Waals surface area contributed by atoms with Gasteiger partial charge in [-0.1, -0.05) is 36.4 Å². The van der Waals surface area contributed by atoms with Crippen molar-refractivity contribution in [1.29, 1.82) is 0 Å². The summed E-state index contributed by atoms with van der Waals surface area (Å²) in [4.78, 5) is 16.8. The van der Waals surface area contributed by atoms with Gasteiger partial charge in [-0.25, -0.2) is 8.42 Å². The van der Waals surface area contributed by atoms with E-state index in [4.69, 9.17) is 0 Å². The van der Waals surface area contributed by atoms with Crippen molar-refractivity contribution in [2.75, 3.05) is 37.2 Å². The van der Waals surface area contributed by atoms with Crippen molar-refractivity contribution in [1.82, 2.24) is 9.80 Å². The van der Waals surface area contributed by atoms with Crippen LogP contribution in [0, 0.1) is 6.92 Å². The quantitative estimate of drug-likeness (QED) is 0.839. The summed E-state index contributed by atoms with van der Waals surface area (Å²) in [6.07, 6.45) is 5.24. The Hall–Kier alpha value is -2.80. The maximum Gasteiger partial charge on any atom is 0.254 e. The first kappa shape index (κ1) is 19.9. The molecule has 148 valence electrons. The van der Waals surface area contributed by atoms with Crippen molar-refractivity contribution < 1.29 is 13.2 Å². The van der Waals surface area contributed by atoms with E-state index in [0.29, 0.717) is 24.3 Å². The predicted molar refractivity (Wildman–Crippen MR) is 113 cm³/mol. The lowest BCUT2D eigenvalue weighted by Crippen LogP contribution is -2.46. The topological polar surface area (TPSA) is 69.7 Å². The van der Waals surface area contributed by atoms with Crippen LogP contribution in [0.15, 0.2) is 54.7 Å². The molecule has 1 amide bonds. The highest BCUT2D eigenvalue weighted by molar-refractivity contribution is 7.92. The summed E-state index contributed by atoms with van der Waals surface area (Å²) in [6, 6.07) is 15.2. The van der Waals surface area contributed by atoms with Crippen LogP contribution in [0.3, 0.4) is 0 Å². The van der Waals surface area contributed by atoms with Gasteiger partial charge >= 0.3 is 0 Å². The Bertz CT molecular complexity index is 964. The normalized spacial score (nSPS) is 15.1. The Kier molecular flexibility index (Phi) is 6.04. The van der Waals surface area contributed by atoms with Gasteiger partial charge in [0, 0.05) is 31.7 Å². The summed E-state index contributed by atoms with van der Waals surface area (Å²) in [5.74, 6) is -0.0803. The fourth-order valence-electron chi connectivity index (χ4n) is 3.08. The number of hydrogen-bond acceptors (Lipinski definition) is 4.